The fraction of sp³-hybridized carbons (Fsp3) is 0.667. The van der Waals surface area contributed by atoms with Crippen LogP contribution in [-0.4, -0.2) is 91.0 Å². The third-order valence-electron chi connectivity index (χ3n) is 2.05. The minimum absolute atomic E-state index is 0.719. The van der Waals surface area contributed by atoms with Crippen LogP contribution in [0.2, 0.25) is 0 Å². The van der Waals surface area contributed by atoms with Crippen molar-refractivity contribution in [3.8, 4) is 0 Å². The zero-order valence-electron chi connectivity index (χ0n) is 16.5. The van der Waals surface area contributed by atoms with Gasteiger partial charge in [-0.3, -0.25) is 0 Å². The quantitative estimate of drug-likeness (QED) is 0.131. The molecule has 0 aliphatic carbocycles. The van der Waals surface area contributed by atoms with E-state index in [2.05, 4.69) is 4.09 Å². The Hall–Kier alpha value is -1.38. The summed E-state index contributed by atoms with van der Waals surface area (Å²) in [5.41, 5.74) is 0. The molecule has 0 radical (unpaired) electrons. The number of rotatable bonds is 4. The second kappa shape index (κ2) is 23.9. The molecule has 1 fully saturated rings. The van der Waals surface area contributed by atoms with Gasteiger partial charge in [-0.2, -0.15) is 10.1 Å². The van der Waals surface area contributed by atoms with Gasteiger partial charge in [0.1, 0.15) is 0 Å². The molecular weight excluding hydrogens is 588 g/mol. The first-order valence-corrected chi connectivity index (χ1v) is 12.6. The van der Waals surface area contributed by atoms with Gasteiger partial charge in [0, 0.05) is 26.2 Å². The number of carbonyl (C=O) groups is 4. The molecule has 0 spiro atoms. The minimum atomic E-state index is -2.75. The molecule has 16 nitrogen and oxygen atoms in total. The Balaban J connectivity index is -0.000000141. The van der Waals surface area contributed by atoms with Crippen LogP contribution in [0.15, 0.2) is 0 Å². The second-order valence-electron chi connectivity index (χ2n) is 4.04. The van der Waals surface area contributed by atoms with E-state index in [0.29, 0.717) is 0 Å². The zero-order valence-corrected chi connectivity index (χ0v) is 20.5. The van der Waals surface area contributed by atoms with E-state index >= 15 is 0 Å². The molecular formula is C12H26Mo2N2O14. The first kappa shape index (κ1) is 36.0. The summed E-state index contributed by atoms with van der Waals surface area (Å²) in [6.07, 6.45) is 0. The van der Waals surface area contributed by atoms with Crippen LogP contribution >= 0.6 is 0 Å². The van der Waals surface area contributed by atoms with Crippen LogP contribution in [-0.2, 0) is 66.1 Å². The van der Waals surface area contributed by atoms with Gasteiger partial charge < -0.3 is 30.8 Å². The summed E-state index contributed by atoms with van der Waals surface area (Å²) < 4.78 is 27.8. The second-order valence-corrected chi connectivity index (χ2v) is 10.7. The van der Waals surface area contributed by atoms with Gasteiger partial charge in [-0.15, -0.1) is 0 Å². The van der Waals surface area contributed by atoms with Gasteiger partial charge in [0.15, 0.2) is 0 Å². The molecule has 1 rings (SSSR count). The third-order valence-corrected chi connectivity index (χ3v) is 9.60. The molecule has 1 saturated heterocycles. The number of hydrogen-bond donors (Lipinski definition) is 6. The summed E-state index contributed by atoms with van der Waals surface area (Å²) in [5.74, 6) is -7.30. The van der Waals surface area contributed by atoms with E-state index in [9.17, 15) is 6.80 Å². The summed E-state index contributed by atoms with van der Waals surface area (Å²) >= 11 is -5.51. The molecule has 0 aromatic heterocycles. The van der Waals surface area contributed by atoms with E-state index in [1.807, 2.05) is 27.7 Å². The number of carboxylic acid groups (broad SMARTS) is 4. The van der Waals surface area contributed by atoms with Crippen molar-refractivity contribution in [3.63, 3.8) is 0 Å². The molecule has 0 aromatic carbocycles. The van der Waals surface area contributed by atoms with Crippen LogP contribution in [0.5, 0.6) is 0 Å². The molecule has 1 aliphatic heterocycles. The van der Waals surface area contributed by atoms with Gasteiger partial charge in [0.2, 0.25) is 0 Å². The molecule has 0 amide bonds. The first-order valence-electron chi connectivity index (χ1n) is 7.70. The summed E-state index contributed by atoms with van der Waals surface area (Å²) in [7, 11) is 0. The van der Waals surface area contributed by atoms with Gasteiger partial charge in [0.25, 0.3) is 0 Å². The molecule has 0 unspecified atom stereocenters. The molecule has 18 heteroatoms. The number of hydroxylamine groups is 4. The topological polar surface area (TPSA) is 249 Å². The maximum atomic E-state index is 9.76. The van der Waals surface area contributed by atoms with Crippen molar-refractivity contribution in [3.05, 3.63) is 0 Å². The molecule has 0 saturated carbocycles. The van der Waals surface area contributed by atoms with Crippen molar-refractivity contribution >= 4 is 23.9 Å². The van der Waals surface area contributed by atoms with Crippen LogP contribution in [0.4, 0.5) is 0 Å². The first-order chi connectivity index (χ1) is 13.7. The average Bonchev–Trinajstić information content (AvgIpc) is 2.67. The van der Waals surface area contributed by atoms with Crippen LogP contribution in [0.3, 0.4) is 0 Å². The van der Waals surface area contributed by atoms with Crippen LogP contribution in [0, 0.1) is 0 Å². The molecule has 30 heavy (non-hydrogen) atoms. The number of hydrogen-bond acceptors (Lipinski definition) is 12. The van der Waals surface area contributed by atoms with E-state index in [4.69, 9.17) is 50.0 Å². The van der Waals surface area contributed by atoms with E-state index in [0.717, 1.165) is 26.2 Å². The van der Waals surface area contributed by atoms with Crippen LogP contribution in [0.25, 0.3) is 0 Å². The predicted molar refractivity (Wildman–Crippen MR) is 83.5 cm³/mol. The predicted octanol–water partition coefficient (Wildman–Crippen LogP) is -0.633. The van der Waals surface area contributed by atoms with Gasteiger partial charge in [-0.05, 0) is 0 Å². The van der Waals surface area contributed by atoms with E-state index in [-0.39, 0.29) is 0 Å². The van der Waals surface area contributed by atoms with Crippen molar-refractivity contribution in [2.45, 2.75) is 27.7 Å². The Kier molecular flexibility index (Phi) is 28.7. The van der Waals surface area contributed by atoms with Crippen molar-refractivity contribution in [1.82, 2.24) is 10.1 Å². The number of nitrogens with zero attached hydrogens (tertiary/aromatic N) is 2. The normalized spacial score (nSPS) is 12.3. The van der Waals surface area contributed by atoms with Gasteiger partial charge in [0.05, 0.1) is 0 Å². The summed E-state index contributed by atoms with van der Waals surface area (Å²) in [6, 6.07) is 0. The third kappa shape index (κ3) is 34.1. The Morgan fingerprint density at radius 2 is 0.767 bits per heavy atom. The molecule has 0 bridgehead atoms. The Bertz CT molecular complexity index is 471. The van der Waals surface area contributed by atoms with E-state index < -0.39 is 59.9 Å². The van der Waals surface area contributed by atoms with Crippen molar-refractivity contribution in [2.24, 2.45) is 0 Å². The number of carboxylic acids is 4. The van der Waals surface area contributed by atoms with Crippen molar-refractivity contribution in [2.75, 3.05) is 26.2 Å². The van der Waals surface area contributed by atoms with Crippen molar-refractivity contribution in [1.29, 1.82) is 0 Å². The Labute approximate surface area is 184 Å². The standard InChI is InChI=1S/2C4H11NO.2C2H2O4.2Mo.4O/c2*1-3-5(6)4-2;2*3-1(4)2(5)6;;;;;;/h2*6H,3-4H2,1-2H3;2*(H,3,4)(H,5,6);;;;;;. The zero-order chi connectivity index (χ0) is 24.9. The van der Waals surface area contributed by atoms with Crippen LogP contribution < -0.4 is 0 Å². The van der Waals surface area contributed by atoms with Gasteiger partial charge >= 0.3 is 70.8 Å². The Morgan fingerprint density at radius 3 is 0.767 bits per heavy atom. The molecule has 1 aliphatic rings. The van der Waals surface area contributed by atoms with E-state index in [1.165, 1.54) is 10.1 Å². The average molecular weight is 614 g/mol. The fourth-order valence-electron chi connectivity index (χ4n) is 0.543. The summed E-state index contributed by atoms with van der Waals surface area (Å²) in [6.45, 7) is 10.5. The fourth-order valence-corrected chi connectivity index (χ4v) is 3.80. The SMILES string of the molecule is CCN(O)CC.CCN(O)CC.O=C(O)C(=O)O.O=C(O)C(=O)O.[O]=[Mo]1[O][Mo](=[O])[O]1. The molecule has 1 heterocycles. The van der Waals surface area contributed by atoms with Gasteiger partial charge in [-0.25, -0.2) is 19.2 Å². The summed E-state index contributed by atoms with van der Waals surface area (Å²) in [4.78, 5) is 36.4. The number of aliphatic carboxylic acids is 4. The molecule has 180 valence electrons. The van der Waals surface area contributed by atoms with E-state index in [1.54, 1.807) is 0 Å². The van der Waals surface area contributed by atoms with Gasteiger partial charge in [-0.1, -0.05) is 27.7 Å². The maximum absolute atomic E-state index is 9.76. The van der Waals surface area contributed by atoms with Crippen LogP contribution in [0.1, 0.15) is 27.7 Å². The monoisotopic (exact) mass is 618 g/mol. The van der Waals surface area contributed by atoms with Crippen molar-refractivity contribution < 1.29 is 97.0 Å². The Morgan fingerprint density at radius 1 is 0.600 bits per heavy atom. The molecule has 0 atom stereocenters. The summed E-state index contributed by atoms with van der Waals surface area (Å²) in [5, 5.41) is 49.1. The molecule has 6 N–H and O–H groups in total. The molecule has 0 aromatic rings.